The van der Waals surface area contributed by atoms with Crippen LogP contribution < -0.4 is 11.0 Å². The smallest absolute Gasteiger partial charge is 0.302 e. The standard InChI is InChI=1S/C3H8ClN2O2P/c4-2-1-3-8-9(5,6)7/h1-2H,3H2,(H4,5,6,7)/b2-1+. The minimum atomic E-state index is -3.31. The number of hydrogen-bond donors (Lipinski definition) is 2. The summed E-state index contributed by atoms with van der Waals surface area (Å²) in [5, 5.41) is 0. The highest BCUT2D eigenvalue weighted by molar-refractivity contribution is 7.53. The molecule has 0 aromatic heterocycles. The van der Waals surface area contributed by atoms with Crippen LogP contribution in [0.4, 0.5) is 0 Å². The predicted octanol–water partition coefficient (Wildman–Crippen LogP) is 0.781. The maximum absolute atomic E-state index is 10.3. The van der Waals surface area contributed by atoms with Gasteiger partial charge >= 0.3 is 7.67 Å². The van der Waals surface area contributed by atoms with Crippen LogP contribution in [0.25, 0.3) is 0 Å². The summed E-state index contributed by atoms with van der Waals surface area (Å²) in [6, 6.07) is 0. The van der Waals surface area contributed by atoms with Crippen LogP contribution in [0.3, 0.4) is 0 Å². The van der Waals surface area contributed by atoms with Crippen molar-refractivity contribution < 1.29 is 9.09 Å². The molecular weight excluding hydrogens is 162 g/mol. The summed E-state index contributed by atoms with van der Waals surface area (Å²) in [6.07, 6.45) is 1.44. The molecule has 54 valence electrons. The molecular formula is C3H8ClN2O2P. The maximum atomic E-state index is 10.3. The monoisotopic (exact) mass is 170 g/mol. The first-order valence-electron chi connectivity index (χ1n) is 2.13. The zero-order chi connectivity index (χ0) is 7.33. The lowest BCUT2D eigenvalue weighted by atomic mass is 10.7. The molecule has 0 aliphatic carbocycles. The van der Waals surface area contributed by atoms with Crippen molar-refractivity contribution in [3.05, 3.63) is 11.6 Å². The fourth-order valence-corrected chi connectivity index (χ4v) is 0.588. The van der Waals surface area contributed by atoms with Crippen LogP contribution in [-0.4, -0.2) is 6.61 Å². The molecule has 0 aliphatic heterocycles. The molecule has 6 heteroatoms. The normalized spacial score (nSPS) is 12.8. The lowest BCUT2D eigenvalue weighted by Gasteiger charge is -2.02. The van der Waals surface area contributed by atoms with Crippen molar-refractivity contribution >= 4 is 19.3 Å². The van der Waals surface area contributed by atoms with Gasteiger partial charge in [0, 0.05) is 5.54 Å². The molecule has 4 nitrogen and oxygen atoms in total. The average Bonchev–Trinajstić information content (AvgIpc) is 1.63. The van der Waals surface area contributed by atoms with Gasteiger partial charge < -0.3 is 4.52 Å². The molecule has 0 bridgehead atoms. The van der Waals surface area contributed by atoms with E-state index < -0.39 is 7.67 Å². The molecule has 0 aromatic rings. The van der Waals surface area contributed by atoms with Crippen molar-refractivity contribution in [3.8, 4) is 0 Å². The summed E-state index contributed by atoms with van der Waals surface area (Å²) in [4.78, 5) is 0. The number of hydrogen-bond acceptors (Lipinski definition) is 2. The molecule has 0 atom stereocenters. The highest BCUT2D eigenvalue weighted by atomic mass is 35.5. The second-order valence-corrected chi connectivity index (χ2v) is 3.10. The Morgan fingerprint density at radius 3 is 2.56 bits per heavy atom. The van der Waals surface area contributed by atoms with Crippen LogP contribution >= 0.6 is 19.3 Å². The third kappa shape index (κ3) is 8.14. The molecule has 0 aromatic carbocycles. The molecule has 0 spiro atoms. The van der Waals surface area contributed by atoms with E-state index in [-0.39, 0.29) is 6.61 Å². The Labute approximate surface area is 58.4 Å². The molecule has 0 aliphatic rings. The number of nitrogens with two attached hydrogens (primary N) is 2. The molecule has 4 N–H and O–H groups in total. The first-order valence-corrected chi connectivity index (χ1v) is 4.33. The summed E-state index contributed by atoms with van der Waals surface area (Å²) < 4.78 is 14.8. The average molecular weight is 171 g/mol. The third-order valence-electron chi connectivity index (χ3n) is 0.462. The van der Waals surface area contributed by atoms with Crippen LogP contribution in [0, 0.1) is 0 Å². The lowest BCUT2D eigenvalue weighted by molar-refractivity contribution is 0.354. The van der Waals surface area contributed by atoms with Gasteiger partial charge in [0.2, 0.25) is 0 Å². The fraction of sp³-hybridized carbons (Fsp3) is 0.333. The van der Waals surface area contributed by atoms with Gasteiger partial charge in [-0.1, -0.05) is 11.6 Å². The highest BCUT2D eigenvalue weighted by Gasteiger charge is 2.04. The largest absolute Gasteiger partial charge is 0.335 e. The quantitative estimate of drug-likeness (QED) is 0.614. The van der Waals surface area contributed by atoms with E-state index >= 15 is 0 Å². The first kappa shape index (κ1) is 9.14. The highest BCUT2D eigenvalue weighted by Crippen LogP contribution is 2.25. The molecule has 0 radical (unpaired) electrons. The second-order valence-electron chi connectivity index (χ2n) is 1.30. The number of rotatable bonds is 3. The predicted molar refractivity (Wildman–Crippen MR) is 36.9 cm³/mol. The molecule has 0 saturated heterocycles. The van der Waals surface area contributed by atoms with Crippen molar-refractivity contribution in [1.29, 1.82) is 0 Å². The zero-order valence-electron chi connectivity index (χ0n) is 4.66. The Morgan fingerprint density at radius 1 is 1.67 bits per heavy atom. The second kappa shape index (κ2) is 4.04. The number of halogens is 1. The summed E-state index contributed by atoms with van der Waals surface area (Å²) in [5.41, 5.74) is 10.9. The Morgan fingerprint density at radius 2 is 2.22 bits per heavy atom. The van der Waals surface area contributed by atoms with Crippen LogP contribution in [0.2, 0.25) is 0 Å². The van der Waals surface area contributed by atoms with Crippen LogP contribution in [0.1, 0.15) is 0 Å². The maximum Gasteiger partial charge on any atom is 0.335 e. The fourth-order valence-electron chi connectivity index (χ4n) is 0.196. The molecule has 0 fully saturated rings. The van der Waals surface area contributed by atoms with Gasteiger partial charge in [0.15, 0.2) is 0 Å². The topological polar surface area (TPSA) is 78.3 Å². The van der Waals surface area contributed by atoms with E-state index in [1.807, 2.05) is 0 Å². The van der Waals surface area contributed by atoms with Crippen molar-refractivity contribution in [2.24, 2.45) is 11.0 Å². The molecule has 0 heterocycles. The van der Waals surface area contributed by atoms with E-state index in [1.54, 1.807) is 0 Å². The Hall–Kier alpha value is 0.140. The van der Waals surface area contributed by atoms with E-state index in [9.17, 15) is 4.57 Å². The van der Waals surface area contributed by atoms with Gasteiger partial charge in [-0.15, -0.1) is 0 Å². The summed E-state index contributed by atoms with van der Waals surface area (Å²) in [5.74, 6) is 0. The van der Waals surface area contributed by atoms with Gasteiger partial charge in [0.25, 0.3) is 0 Å². The van der Waals surface area contributed by atoms with E-state index in [2.05, 4.69) is 4.52 Å². The zero-order valence-corrected chi connectivity index (χ0v) is 6.31. The van der Waals surface area contributed by atoms with Crippen molar-refractivity contribution in [2.75, 3.05) is 6.61 Å². The van der Waals surface area contributed by atoms with Gasteiger partial charge in [-0.25, -0.2) is 11.0 Å². The SMILES string of the molecule is NP(N)(=O)OC/C=C/Cl. The van der Waals surface area contributed by atoms with E-state index in [1.165, 1.54) is 11.6 Å². The Kier molecular flexibility index (Phi) is 4.10. The summed E-state index contributed by atoms with van der Waals surface area (Å²) in [6.45, 7) is 0.0772. The Balaban J connectivity index is 3.40. The van der Waals surface area contributed by atoms with Crippen LogP contribution in [0.5, 0.6) is 0 Å². The molecule has 0 rings (SSSR count). The minimum absolute atomic E-state index is 0.0772. The van der Waals surface area contributed by atoms with Gasteiger partial charge in [0.05, 0.1) is 6.61 Å². The van der Waals surface area contributed by atoms with E-state index in [0.717, 1.165) is 0 Å². The van der Waals surface area contributed by atoms with Crippen LogP contribution in [0.15, 0.2) is 11.6 Å². The summed E-state index contributed by atoms with van der Waals surface area (Å²) in [7, 11) is -3.31. The van der Waals surface area contributed by atoms with Crippen molar-refractivity contribution in [2.45, 2.75) is 0 Å². The first-order chi connectivity index (χ1) is 4.06. The lowest BCUT2D eigenvalue weighted by Crippen LogP contribution is -2.07. The molecule has 0 amide bonds. The summed E-state index contributed by atoms with van der Waals surface area (Å²) >= 11 is 5.10. The Bertz CT molecular complexity index is 143. The molecule has 0 unspecified atom stereocenters. The van der Waals surface area contributed by atoms with Crippen LogP contribution in [-0.2, 0) is 9.09 Å². The molecule has 0 saturated carbocycles. The molecule has 9 heavy (non-hydrogen) atoms. The minimum Gasteiger partial charge on any atom is -0.302 e. The van der Waals surface area contributed by atoms with Gasteiger partial charge in [-0.05, 0) is 6.08 Å². The van der Waals surface area contributed by atoms with E-state index in [0.29, 0.717) is 0 Å². The van der Waals surface area contributed by atoms with E-state index in [4.69, 9.17) is 22.6 Å². The third-order valence-corrected chi connectivity index (χ3v) is 1.19. The van der Waals surface area contributed by atoms with Crippen molar-refractivity contribution in [3.63, 3.8) is 0 Å². The van der Waals surface area contributed by atoms with Gasteiger partial charge in [-0.2, -0.15) is 0 Å². The van der Waals surface area contributed by atoms with Gasteiger partial charge in [0.1, 0.15) is 0 Å². The van der Waals surface area contributed by atoms with Crippen molar-refractivity contribution in [1.82, 2.24) is 0 Å². The van der Waals surface area contributed by atoms with Gasteiger partial charge in [-0.3, -0.25) is 4.57 Å².